The van der Waals surface area contributed by atoms with E-state index in [4.69, 9.17) is 9.84 Å². The molecule has 3 aromatic carbocycles. The average molecular weight is 470 g/mol. The van der Waals surface area contributed by atoms with Crippen molar-refractivity contribution in [2.75, 3.05) is 19.0 Å². The summed E-state index contributed by atoms with van der Waals surface area (Å²) in [5, 5.41) is 7.78. The number of para-hydroxylation sites is 1. The third-order valence-corrected chi connectivity index (χ3v) is 5.65. The predicted octanol–water partition coefficient (Wildman–Crippen LogP) is 5.27. The molecule has 0 fully saturated rings. The zero-order chi connectivity index (χ0) is 24.9. The molecule has 0 radical (unpaired) electrons. The van der Waals surface area contributed by atoms with Crippen LogP contribution in [0.3, 0.4) is 0 Å². The zero-order valence-electron chi connectivity index (χ0n) is 20.2. The first kappa shape index (κ1) is 23.8. The van der Waals surface area contributed by atoms with Gasteiger partial charge in [0.25, 0.3) is 5.91 Å². The second-order valence-electron chi connectivity index (χ2n) is 8.29. The normalized spacial score (nSPS) is 10.6. The van der Waals surface area contributed by atoms with Crippen molar-refractivity contribution in [2.24, 2.45) is 0 Å². The molecule has 4 rings (SSSR count). The second kappa shape index (κ2) is 10.3. The molecule has 0 saturated carbocycles. The van der Waals surface area contributed by atoms with E-state index >= 15 is 0 Å². The van der Waals surface area contributed by atoms with Crippen LogP contribution < -0.4 is 10.1 Å². The highest BCUT2D eigenvalue weighted by Gasteiger charge is 2.21. The van der Waals surface area contributed by atoms with Crippen LogP contribution in [-0.4, -0.2) is 35.4 Å². The van der Waals surface area contributed by atoms with Gasteiger partial charge in [-0.1, -0.05) is 42.0 Å². The van der Waals surface area contributed by atoms with Gasteiger partial charge in [-0.15, -0.1) is 0 Å². The molecule has 178 valence electrons. The zero-order valence-corrected chi connectivity index (χ0v) is 20.2. The molecule has 1 amide bonds. The quantitative estimate of drug-likeness (QED) is 0.373. The molecule has 35 heavy (non-hydrogen) atoms. The summed E-state index contributed by atoms with van der Waals surface area (Å²) in [6.45, 7) is 5.73. The first-order valence-corrected chi connectivity index (χ1v) is 11.2. The Bertz CT molecular complexity index is 1380. The van der Waals surface area contributed by atoms with E-state index in [0.717, 1.165) is 27.9 Å². The third-order valence-electron chi connectivity index (χ3n) is 5.65. The summed E-state index contributed by atoms with van der Waals surface area (Å²) in [6, 6.07) is 21.0. The van der Waals surface area contributed by atoms with Crippen LogP contribution in [0.1, 0.15) is 27.0 Å². The lowest BCUT2D eigenvalue weighted by atomic mass is 10.0. The summed E-state index contributed by atoms with van der Waals surface area (Å²) in [4.78, 5) is 24.8. The maximum absolute atomic E-state index is 13.5. The van der Waals surface area contributed by atoms with E-state index in [9.17, 15) is 9.59 Å². The maximum Gasteiger partial charge on any atom is 0.343 e. The van der Waals surface area contributed by atoms with Crippen molar-refractivity contribution in [2.45, 2.75) is 20.8 Å². The Balaban J connectivity index is 1.66. The van der Waals surface area contributed by atoms with Crippen molar-refractivity contribution >= 4 is 17.6 Å². The van der Waals surface area contributed by atoms with Gasteiger partial charge in [-0.2, -0.15) is 5.10 Å². The highest BCUT2D eigenvalue weighted by atomic mass is 16.6. The minimum Gasteiger partial charge on any atom is -0.482 e. The number of amides is 1. The lowest BCUT2D eigenvalue weighted by Gasteiger charge is -2.11. The topological polar surface area (TPSA) is 82.5 Å². The van der Waals surface area contributed by atoms with Gasteiger partial charge < -0.3 is 14.8 Å². The highest BCUT2D eigenvalue weighted by Crippen LogP contribution is 2.29. The Morgan fingerprint density at radius 2 is 1.71 bits per heavy atom. The fraction of sp³-hybridized carbons (Fsp3) is 0.179. The van der Waals surface area contributed by atoms with Crippen molar-refractivity contribution in [3.05, 3.63) is 95.2 Å². The number of carbonyl (C=O) groups is 2. The van der Waals surface area contributed by atoms with Gasteiger partial charge in [-0.05, 0) is 62.2 Å². The monoisotopic (exact) mass is 469 g/mol. The van der Waals surface area contributed by atoms with Gasteiger partial charge in [0, 0.05) is 17.4 Å². The summed E-state index contributed by atoms with van der Waals surface area (Å²) in [5.74, 6) is -0.221. The number of rotatable bonds is 7. The number of methoxy groups -OCH3 is 1. The van der Waals surface area contributed by atoms with Crippen LogP contribution in [0.25, 0.3) is 16.9 Å². The Morgan fingerprint density at radius 1 is 0.943 bits per heavy atom. The minimum atomic E-state index is -0.464. The smallest absolute Gasteiger partial charge is 0.343 e. The molecule has 0 atom stereocenters. The third kappa shape index (κ3) is 5.41. The lowest BCUT2D eigenvalue weighted by molar-refractivity contribution is -0.142. The van der Waals surface area contributed by atoms with Crippen molar-refractivity contribution in [1.29, 1.82) is 0 Å². The number of aromatic nitrogens is 2. The Morgan fingerprint density at radius 3 is 2.40 bits per heavy atom. The molecule has 0 unspecified atom stereocenters. The Hall–Kier alpha value is -4.39. The minimum absolute atomic E-state index is 0.181. The first-order valence-electron chi connectivity index (χ1n) is 11.2. The SMILES string of the molecule is COC(=O)COc1ccc(NC(=O)c2cn(-c3ccccc3)nc2-c2ccc(C)cc2C)c(C)c1. The number of nitrogens with one attached hydrogen (secondary N) is 1. The number of aryl methyl sites for hydroxylation is 3. The largest absolute Gasteiger partial charge is 0.482 e. The van der Waals surface area contributed by atoms with Gasteiger partial charge in [0.15, 0.2) is 6.61 Å². The van der Waals surface area contributed by atoms with Crippen LogP contribution in [0.15, 0.2) is 72.9 Å². The molecule has 0 bridgehead atoms. The first-order chi connectivity index (χ1) is 16.9. The number of nitrogens with zero attached hydrogens (tertiary/aromatic N) is 2. The number of benzene rings is 3. The van der Waals surface area contributed by atoms with Gasteiger partial charge >= 0.3 is 5.97 Å². The average Bonchev–Trinajstić information content (AvgIpc) is 3.30. The molecular weight excluding hydrogens is 442 g/mol. The van der Waals surface area contributed by atoms with E-state index in [1.807, 2.05) is 63.2 Å². The van der Waals surface area contributed by atoms with E-state index < -0.39 is 5.97 Å². The van der Waals surface area contributed by atoms with E-state index in [1.54, 1.807) is 29.1 Å². The standard InChI is InChI=1S/C28H27N3O4/c1-18-10-12-23(19(2)14-18)27-24(16-31(30-27)21-8-6-5-7-9-21)28(33)29-25-13-11-22(15-20(25)3)35-17-26(32)34-4/h5-16H,17H2,1-4H3,(H,29,33). The molecule has 1 aromatic heterocycles. The molecule has 0 aliphatic rings. The van der Waals surface area contributed by atoms with Gasteiger partial charge in [0.05, 0.1) is 18.4 Å². The summed E-state index contributed by atoms with van der Waals surface area (Å²) >= 11 is 0. The number of hydrogen-bond acceptors (Lipinski definition) is 5. The van der Waals surface area contributed by atoms with Crippen LogP contribution in [0, 0.1) is 20.8 Å². The summed E-state index contributed by atoms with van der Waals surface area (Å²) in [5.41, 5.74) is 6.46. The molecule has 0 aliphatic heterocycles. The van der Waals surface area contributed by atoms with E-state index in [1.165, 1.54) is 7.11 Å². The van der Waals surface area contributed by atoms with Crippen molar-refractivity contribution in [3.63, 3.8) is 0 Å². The number of esters is 1. The molecule has 0 saturated heterocycles. The van der Waals surface area contributed by atoms with Crippen molar-refractivity contribution < 1.29 is 19.1 Å². The van der Waals surface area contributed by atoms with Gasteiger partial charge in [0.2, 0.25) is 0 Å². The number of anilines is 1. The molecule has 0 aliphatic carbocycles. The number of carbonyl (C=O) groups excluding carboxylic acids is 2. The summed E-state index contributed by atoms with van der Waals surface area (Å²) < 4.78 is 11.8. The molecule has 1 N–H and O–H groups in total. The second-order valence-corrected chi connectivity index (χ2v) is 8.29. The summed E-state index contributed by atoms with van der Waals surface area (Å²) in [7, 11) is 1.31. The molecular formula is C28H27N3O4. The molecule has 7 heteroatoms. The Kier molecular flexibility index (Phi) is 6.96. The van der Waals surface area contributed by atoms with Crippen LogP contribution >= 0.6 is 0 Å². The molecule has 0 spiro atoms. The van der Waals surface area contributed by atoms with E-state index in [2.05, 4.69) is 16.1 Å². The van der Waals surface area contributed by atoms with Crippen molar-refractivity contribution in [1.82, 2.24) is 9.78 Å². The van der Waals surface area contributed by atoms with Gasteiger partial charge in [-0.3, -0.25) is 4.79 Å². The van der Waals surface area contributed by atoms with Gasteiger partial charge in [-0.25, -0.2) is 9.48 Å². The number of ether oxygens (including phenoxy) is 2. The fourth-order valence-corrected chi connectivity index (χ4v) is 3.79. The molecule has 4 aromatic rings. The molecule has 1 heterocycles. The van der Waals surface area contributed by atoms with E-state index in [-0.39, 0.29) is 12.5 Å². The van der Waals surface area contributed by atoms with Crippen LogP contribution in [-0.2, 0) is 9.53 Å². The van der Waals surface area contributed by atoms with Gasteiger partial charge in [0.1, 0.15) is 11.4 Å². The van der Waals surface area contributed by atoms with Crippen molar-refractivity contribution in [3.8, 4) is 22.7 Å². The molecule has 7 nitrogen and oxygen atoms in total. The maximum atomic E-state index is 13.5. The number of hydrogen-bond donors (Lipinski definition) is 1. The Labute approximate surface area is 204 Å². The van der Waals surface area contributed by atoms with Crippen LogP contribution in [0.5, 0.6) is 5.75 Å². The summed E-state index contributed by atoms with van der Waals surface area (Å²) in [6.07, 6.45) is 1.75. The highest BCUT2D eigenvalue weighted by molar-refractivity contribution is 6.08. The fourth-order valence-electron chi connectivity index (χ4n) is 3.79. The van der Waals surface area contributed by atoms with Crippen LogP contribution in [0.2, 0.25) is 0 Å². The lowest BCUT2D eigenvalue weighted by Crippen LogP contribution is -2.14. The predicted molar refractivity (Wildman–Crippen MR) is 135 cm³/mol. The van der Waals surface area contributed by atoms with E-state index in [0.29, 0.717) is 22.7 Å². The van der Waals surface area contributed by atoms with Crippen LogP contribution in [0.4, 0.5) is 5.69 Å².